The Labute approximate surface area is 168 Å². The van der Waals surface area contributed by atoms with Gasteiger partial charge >= 0.3 is 0 Å². The van der Waals surface area contributed by atoms with E-state index in [0.717, 1.165) is 24.0 Å². The fraction of sp³-hybridized carbons (Fsp3) is 0.400. The van der Waals surface area contributed by atoms with Crippen molar-refractivity contribution in [3.63, 3.8) is 0 Å². The highest BCUT2D eigenvalue weighted by Gasteiger charge is 2.25. The molecule has 2 heterocycles. The molecule has 0 saturated heterocycles. The summed E-state index contributed by atoms with van der Waals surface area (Å²) in [5, 5.41) is 11.3. The predicted molar refractivity (Wildman–Crippen MR) is 103 cm³/mol. The summed E-state index contributed by atoms with van der Waals surface area (Å²) in [5.74, 6) is 0.855. The van der Waals surface area contributed by atoms with Crippen LogP contribution < -0.4 is 5.32 Å². The molecule has 0 aliphatic heterocycles. The van der Waals surface area contributed by atoms with Crippen LogP contribution in [0.1, 0.15) is 39.8 Å². The Balaban J connectivity index is 1.44. The molecule has 0 saturated carbocycles. The number of aromatic nitrogens is 4. The molecule has 4 rings (SSSR count). The minimum atomic E-state index is -0.127. The third kappa shape index (κ3) is 4.20. The second kappa shape index (κ2) is 8.54. The Morgan fingerprint density at radius 3 is 3.07 bits per heavy atom. The van der Waals surface area contributed by atoms with Gasteiger partial charge in [0.25, 0.3) is 11.8 Å². The Kier molecular flexibility index (Phi) is 5.68. The molecule has 29 heavy (non-hydrogen) atoms. The number of carbonyl (C=O) groups is 1. The number of fused-ring (bicyclic) bond motifs is 1. The van der Waals surface area contributed by atoms with Crippen LogP contribution in [0.2, 0.25) is 0 Å². The molecule has 152 valence electrons. The number of amides is 1. The first kappa shape index (κ1) is 19.3. The molecule has 2 aromatic heterocycles. The number of benzene rings is 1. The fourth-order valence-corrected chi connectivity index (χ4v) is 3.49. The van der Waals surface area contributed by atoms with Gasteiger partial charge in [-0.25, -0.2) is 0 Å². The number of ether oxygens (including phenoxy) is 2. The monoisotopic (exact) mass is 397 g/mol. The number of rotatable bonds is 8. The van der Waals surface area contributed by atoms with Crippen LogP contribution in [-0.4, -0.2) is 46.7 Å². The van der Waals surface area contributed by atoms with Gasteiger partial charge in [0.05, 0.1) is 31.0 Å². The topological polar surface area (TPSA) is 104 Å². The first-order chi connectivity index (χ1) is 14.2. The Morgan fingerprint density at radius 1 is 1.34 bits per heavy atom. The van der Waals surface area contributed by atoms with Crippen molar-refractivity contribution in [2.75, 3.05) is 20.8 Å². The van der Waals surface area contributed by atoms with E-state index < -0.39 is 0 Å². The second-order valence-electron chi connectivity index (χ2n) is 6.91. The smallest absolute Gasteiger partial charge is 0.254 e. The van der Waals surface area contributed by atoms with E-state index in [0.29, 0.717) is 30.4 Å². The van der Waals surface area contributed by atoms with E-state index >= 15 is 0 Å². The molecular weight excluding hydrogens is 374 g/mol. The van der Waals surface area contributed by atoms with Crippen molar-refractivity contribution in [3.8, 4) is 11.4 Å². The number of nitrogens with one attached hydrogen (secondary N) is 1. The van der Waals surface area contributed by atoms with Gasteiger partial charge in [-0.15, -0.1) is 0 Å². The normalized spacial score (nSPS) is 15.4. The fourth-order valence-electron chi connectivity index (χ4n) is 3.49. The summed E-state index contributed by atoms with van der Waals surface area (Å²) >= 11 is 0. The summed E-state index contributed by atoms with van der Waals surface area (Å²) in [6.07, 6.45) is 5.05. The molecular formula is C20H23N5O4. The van der Waals surface area contributed by atoms with Crippen LogP contribution in [0.4, 0.5) is 0 Å². The molecule has 1 aliphatic rings. The Hall–Kier alpha value is -3.04. The molecule has 0 bridgehead atoms. The van der Waals surface area contributed by atoms with E-state index in [1.165, 1.54) is 5.56 Å². The highest BCUT2D eigenvalue weighted by Crippen LogP contribution is 2.34. The highest BCUT2D eigenvalue weighted by molar-refractivity contribution is 5.94. The van der Waals surface area contributed by atoms with E-state index in [9.17, 15) is 4.79 Å². The van der Waals surface area contributed by atoms with Crippen LogP contribution in [0, 0.1) is 0 Å². The van der Waals surface area contributed by atoms with Crippen molar-refractivity contribution in [1.82, 2.24) is 25.2 Å². The zero-order valence-corrected chi connectivity index (χ0v) is 16.4. The summed E-state index contributed by atoms with van der Waals surface area (Å²) in [7, 11) is 3.22. The summed E-state index contributed by atoms with van der Waals surface area (Å²) in [4.78, 5) is 16.9. The molecule has 0 fully saturated rings. The van der Waals surface area contributed by atoms with Gasteiger partial charge in [-0.3, -0.25) is 9.48 Å². The number of aryl methyl sites for hydroxylation is 1. The molecule has 1 aromatic carbocycles. The molecule has 1 atom stereocenters. The van der Waals surface area contributed by atoms with Gasteiger partial charge in [0, 0.05) is 26.0 Å². The van der Waals surface area contributed by atoms with E-state index in [-0.39, 0.29) is 18.6 Å². The number of methoxy groups -OCH3 is 2. The van der Waals surface area contributed by atoms with Crippen molar-refractivity contribution in [3.05, 3.63) is 53.2 Å². The van der Waals surface area contributed by atoms with Gasteiger partial charge in [0.2, 0.25) is 5.82 Å². The summed E-state index contributed by atoms with van der Waals surface area (Å²) in [6.45, 7) is 1.45. The van der Waals surface area contributed by atoms with E-state index in [2.05, 4.69) is 26.6 Å². The van der Waals surface area contributed by atoms with Gasteiger partial charge in [-0.1, -0.05) is 17.3 Å². The van der Waals surface area contributed by atoms with Gasteiger partial charge in [0.1, 0.15) is 6.61 Å². The van der Waals surface area contributed by atoms with E-state index in [1.807, 2.05) is 12.1 Å². The van der Waals surface area contributed by atoms with Gasteiger partial charge in [-0.05, 0) is 30.0 Å². The minimum absolute atomic E-state index is 0.0248. The van der Waals surface area contributed by atoms with Crippen LogP contribution in [0.15, 0.2) is 35.1 Å². The Morgan fingerprint density at radius 2 is 2.24 bits per heavy atom. The first-order valence-corrected chi connectivity index (χ1v) is 9.45. The maximum absolute atomic E-state index is 12.6. The van der Waals surface area contributed by atoms with Crippen LogP contribution in [-0.2, 0) is 29.0 Å². The average molecular weight is 397 g/mol. The third-order valence-corrected chi connectivity index (χ3v) is 4.94. The average Bonchev–Trinajstić information content (AvgIpc) is 3.46. The lowest BCUT2D eigenvalue weighted by Crippen LogP contribution is -2.26. The molecule has 3 aromatic rings. The zero-order chi connectivity index (χ0) is 20.2. The van der Waals surface area contributed by atoms with Crippen LogP contribution in [0.5, 0.6) is 0 Å². The van der Waals surface area contributed by atoms with Gasteiger partial charge in [0.15, 0.2) is 0 Å². The lowest BCUT2D eigenvalue weighted by atomic mass is 10.0. The van der Waals surface area contributed by atoms with Crippen molar-refractivity contribution < 1.29 is 18.8 Å². The second-order valence-corrected chi connectivity index (χ2v) is 6.91. The maximum Gasteiger partial charge on any atom is 0.254 e. The molecule has 0 radical (unpaired) electrons. The zero-order valence-electron chi connectivity index (χ0n) is 16.4. The largest absolute Gasteiger partial charge is 0.383 e. The number of hydrogen-bond donors (Lipinski definition) is 1. The number of hydrogen-bond acceptors (Lipinski definition) is 7. The predicted octanol–water partition coefficient (Wildman–Crippen LogP) is 2.14. The lowest BCUT2D eigenvalue weighted by molar-refractivity contribution is 0.0936. The summed E-state index contributed by atoms with van der Waals surface area (Å²) in [5.41, 5.74) is 3.74. The molecule has 1 amide bonds. The molecule has 1 N–H and O–H groups in total. The summed E-state index contributed by atoms with van der Waals surface area (Å²) < 4.78 is 16.9. The van der Waals surface area contributed by atoms with Gasteiger partial charge < -0.3 is 19.3 Å². The first-order valence-electron chi connectivity index (χ1n) is 9.45. The van der Waals surface area contributed by atoms with Crippen LogP contribution in [0.3, 0.4) is 0 Å². The summed E-state index contributed by atoms with van der Waals surface area (Å²) in [6, 6.07) is 6.01. The number of carbonyl (C=O) groups excluding carboxylic acids is 1. The highest BCUT2D eigenvalue weighted by atomic mass is 16.5. The van der Waals surface area contributed by atoms with Crippen LogP contribution >= 0.6 is 0 Å². The lowest BCUT2D eigenvalue weighted by Gasteiger charge is -2.13. The van der Waals surface area contributed by atoms with Crippen molar-refractivity contribution in [2.24, 2.45) is 0 Å². The Bertz CT molecular complexity index is 996. The minimum Gasteiger partial charge on any atom is -0.383 e. The molecule has 1 aliphatic carbocycles. The number of nitrogens with zero attached hydrogens (tertiary/aromatic N) is 4. The quantitative estimate of drug-likeness (QED) is 0.621. The van der Waals surface area contributed by atoms with Crippen LogP contribution in [0.25, 0.3) is 11.4 Å². The standard InChI is InChI=1S/C20H23N5O4/c1-27-8-7-25-11-15(10-21-25)20(26)22-17-6-4-13-9-14(3-5-16(13)17)19-23-18(12-28-2)29-24-19/h3,5,9-11,17H,4,6-8,12H2,1-2H3,(H,22,26). The van der Waals surface area contributed by atoms with Crippen molar-refractivity contribution in [2.45, 2.75) is 32.0 Å². The van der Waals surface area contributed by atoms with Crippen molar-refractivity contribution in [1.29, 1.82) is 0 Å². The molecule has 9 heteroatoms. The maximum atomic E-state index is 12.6. The SMILES string of the molecule is COCCn1cc(C(=O)NC2CCc3cc(-c4noc(COC)n4)ccc32)cn1. The van der Waals surface area contributed by atoms with E-state index in [1.54, 1.807) is 31.3 Å². The molecule has 0 spiro atoms. The molecule has 1 unspecified atom stereocenters. The third-order valence-electron chi connectivity index (χ3n) is 4.94. The van der Waals surface area contributed by atoms with Gasteiger partial charge in [-0.2, -0.15) is 10.1 Å². The van der Waals surface area contributed by atoms with E-state index in [4.69, 9.17) is 14.0 Å². The molecule has 9 nitrogen and oxygen atoms in total. The van der Waals surface area contributed by atoms with Crippen molar-refractivity contribution >= 4 is 5.91 Å².